The maximum Gasteiger partial charge on any atom is 0.265 e. The molecule has 0 aliphatic rings. The minimum atomic E-state index is -0.718. The van der Waals surface area contributed by atoms with Gasteiger partial charge in [0.1, 0.15) is 5.75 Å². The Morgan fingerprint density at radius 2 is 1.55 bits per heavy atom. The summed E-state index contributed by atoms with van der Waals surface area (Å²) >= 11 is 9.27. The van der Waals surface area contributed by atoms with Crippen molar-refractivity contribution < 1.29 is 14.3 Å². The lowest BCUT2D eigenvalue weighted by molar-refractivity contribution is -0.122. The number of halogens is 2. The zero-order chi connectivity index (χ0) is 20.8. The molecule has 0 aliphatic carbocycles. The number of benzene rings is 3. The first-order chi connectivity index (χ1) is 13.9. The molecule has 29 heavy (non-hydrogen) atoms. The van der Waals surface area contributed by atoms with E-state index in [2.05, 4.69) is 26.6 Å². The number of hydrogen-bond acceptors (Lipinski definition) is 3. The predicted octanol–water partition coefficient (Wildman–Crippen LogP) is 5.76. The van der Waals surface area contributed by atoms with Crippen LogP contribution in [0.1, 0.15) is 17.3 Å². The highest BCUT2D eigenvalue weighted by molar-refractivity contribution is 9.10. The molecule has 3 aromatic carbocycles. The van der Waals surface area contributed by atoms with Crippen molar-refractivity contribution in [3.05, 3.63) is 87.9 Å². The van der Waals surface area contributed by atoms with Crippen LogP contribution in [-0.2, 0) is 4.79 Å². The predicted molar refractivity (Wildman–Crippen MR) is 119 cm³/mol. The summed E-state index contributed by atoms with van der Waals surface area (Å²) in [6.07, 6.45) is -0.718. The average Bonchev–Trinajstić information content (AvgIpc) is 2.72. The average molecular weight is 474 g/mol. The van der Waals surface area contributed by atoms with Gasteiger partial charge in [-0.25, -0.2) is 0 Å². The Morgan fingerprint density at radius 3 is 2.17 bits per heavy atom. The van der Waals surface area contributed by atoms with Gasteiger partial charge in [0, 0.05) is 22.0 Å². The van der Waals surface area contributed by atoms with E-state index in [0.717, 1.165) is 0 Å². The summed E-state index contributed by atoms with van der Waals surface area (Å²) in [5.41, 5.74) is 1.80. The van der Waals surface area contributed by atoms with Crippen molar-refractivity contribution in [3.8, 4) is 5.75 Å². The first-order valence-electron chi connectivity index (χ1n) is 8.81. The van der Waals surface area contributed by atoms with E-state index >= 15 is 0 Å². The molecule has 3 aromatic rings. The number of amides is 2. The summed E-state index contributed by atoms with van der Waals surface area (Å²) < 4.78 is 6.35. The van der Waals surface area contributed by atoms with Gasteiger partial charge in [0.05, 0.1) is 4.47 Å². The van der Waals surface area contributed by atoms with Crippen molar-refractivity contribution in [3.63, 3.8) is 0 Å². The van der Waals surface area contributed by atoms with E-state index in [-0.39, 0.29) is 11.8 Å². The van der Waals surface area contributed by atoms with Gasteiger partial charge in [0.15, 0.2) is 6.10 Å². The lowest BCUT2D eigenvalue weighted by Gasteiger charge is -2.16. The smallest absolute Gasteiger partial charge is 0.265 e. The number of anilines is 2. The molecule has 0 spiro atoms. The van der Waals surface area contributed by atoms with Crippen LogP contribution in [0.15, 0.2) is 77.3 Å². The summed E-state index contributed by atoms with van der Waals surface area (Å²) in [6, 6.07) is 20.9. The van der Waals surface area contributed by atoms with E-state index in [0.29, 0.717) is 32.2 Å². The number of carbonyl (C=O) groups is 2. The summed E-state index contributed by atoms with van der Waals surface area (Å²) in [5.74, 6) is 0.0295. The van der Waals surface area contributed by atoms with Crippen LogP contribution in [-0.4, -0.2) is 17.9 Å². The zero-order valence-electron chi connectivity index (χ0n) is 15.5. The zero-order valence-corrected chi connectivity index (χ0v) is 17.8. The van der Waals surface area contributed by atoms with Gasteiger partial charge in [-0.15, -0.1) is 0 Å². The van der Waals surface area contributed by atoms with E-state index < -0.39 is 6.10 Å². The Labute approximate surface area is 182 Å². The van der Waals surface area contributed by atoms with Crippen LogP contribution in [0.3, 0.4) is 0 Å². The maximum atomic E-state index is 12.4. The molecule has 0 bridgehead atoms. The molecule has 0 aliphatic heterocycles. The molecular weight excluding hydrogens is 456 g/mol. The highest BCUT2D eigenvalue weighted by atomic mass is 79.9. The molecule has 7 heteroatoms. The Kier molecular flexibility index (Phi) is 6.90. The van der Waals surface area contributed by atoms with Gasteiger partial charge in [-0.1, -0.05) is 29.8 Å². The molecule has 0 heterocycles. The summed E-state index contributed by atoms with van der Waals surface area (Å²) in [6.45, 7) is 1.66. The van der Waals surface area contributed by atoms with E-state index in [1.165, 1.54) is 0 Å². The fourth-order valence-corrected chi connectivity index (χ4v) is 3.26. The van der Waals surface area contributed by atoms with Gasteiger partial charge in [-0.05, 0) is 77.5 Å². The van der Waals surface area contributed by atoms with Gasteiger partial charge in [-0.3, -0.25) is 9.59 Å². The van der Waals surface area contributed by atoms with Crippen molar-refractivity contribution in [2.45, 2.75) is 13.0 Å². The molecule has 2 N–H and O–H groups in total. The van der Waals surface area contributed by atoms with Crippen LogP contribution in [0.25, 0.3) is 0 Å². The van der Waals surface area contributed by atoms with Gasteiger partial charge in [0.2, 0.25) is 0 Å². The Hall–Kier alpha value is -2.83. The van der Waals surface area contributed by atoms with Crippen LogP contribution in [0.2, 0.25) is 5.02 Å². The van der Waals surface area contributed by atoms with Gasteiger partial charge in [-0.2, -0.15) is 0 Å². The normalized spacial score (nSPS) is 11.4. The second-order valence-corrected chi connectivity index (χ2v) is 7.51. The minimum absolute atomic E-state index is 0.196. The molecular formula is C22H18BrClN2O3. The van der Waals surface area contributed by atoms with Gasteiger partial charge >= 0.3 is 0 Å². The lowest BCUT2D eigenvalue weighted by atomic mass is 10.2. The van der Waals surface area contributed by atoms with Crippen molar-refractivity contribution in [1.82, 2.24) is 0 Å². The molecule has 0 fully saturated rings. The summed E-state index contributed by atoms with van der Waals surface area (Å²) in [4.78, 5) is 24.6. The van der Waals surface area contributed by atoms with Crippen molar-refractivity contribution in [2.75, 3.05) is 10.6 Å². The number of hydrogen-bond donors (Lipinski definition) is 2. The molecule has 5 nitrogen and oxygen atoms in total. The highest BCUT2D eigenvalue weighted by Gasteiger charge is 2.16. The topological polar surface area (TPSA) is 67.4 Å². The Bertz CT molecular complexity index is 1010. The number of carbonyl (C=O) groups excluding carboxylic acids is 2. The molecule has 3 rings (SSSR count). The SMILES string of the molecule is CC(Oc1ccc(Cl)cc1Br)C(=O)Nc1ccc(NC(=O)c2ccccc2)cc1. The van der Waals surface area contributed by atoms with Crippen molar-refractivity contribution in [2.24, 2.45) is 0 Å². The van der Waals surface area contributed by atoms with E-state index in [1.54, 1.807) is 73.7 Å². The van der Waals surface area contributed by atoms with E-state index in [9.17, 15) is 9.59 Å². The summed E-state index contributed by atoms with van der Waals surface area (Å²) in [5, 5.41) is 6.17. The maximum absolute atomic E-state index is 12.4. The van der Waals surface area contributed by atoms with E-state index in [1.807, 2.05) is 6.07 Å². The van der Waals surface area contributed by atoms with Gasteiger partial charge < -0.3 is 15.4 Å². The van der Waals surface area contributed by atoms with Crippen molar-refractivity contribution in [1.29, 1.82) is 0 Å². The molecule has 0 radical (unpaired) electrons. The Morgan fingerprint density at radius 1 is 0.931 bits per heavy atom. The summed E-state index contributed by atoms with van der Waals surface area (Å²) in [7, 11) is 0. The first kappa shape index (κ1) is 20.9. The molecule has 0 saturated heterocycles. The van der Waals surface area contributed by atoms with Crippen LogP contribution in [0.5, 0.6) is 5.75 Å². The van der Waals surface area contributed by atoms with Gasteiger partial charge in [0.25, 0.3) is 11.8 Å². The van der Waals surface area contributed by atoms with Crippen LogP contribution in [0, 0.1) is 0 Å². The molecule has 1 unspecified atom stereocenters. The van der Waals surface area contributed by atoms with Crippen LogP contribution >= 0.6 is 27.5 Å². The number of ether oxygens (including phenoxy) is 1. The van der Waals surface area contributed by atoms with Crippen LogP contribution < -0.4 is 15.4 Å². The number of nitrogens with one attached hydrogen (secondary N) is 2. The second-order valence-electron chi connectivity index (χ2n) is 6.22. The molecule has 148 valence electrons. The Balaban J connectivity index is 1.57. The fraction of sp³-hybridized carbons (Fsp3) is 0.0909. The lowest BCUT2D eigenvalue weighted by Crippen LogP contribution is -2.30. The first-order valence-corrected chi connectivity index (χ1v) is 9.98. The minimum Gasteiger partial charge on any atom is -0.480 e. The molecule has 2 amide bonds. The third kappa shape index (κ3) is 5.82. The monoisotopic (exact) mass is 472 g/mol. The highest BCUT2D eigenvalue weighted by Crippen LogP contribution is 2.29. The quantitative estimate of drug-likeness (QED) is 0.478. The molecule has 0 aromatic heterocycles. The van der Waals surface area contributed by atoms with E-state index in [4.69, 9.17) is 16.3 Å². The fourth-order valence-electron chi connectivity index (χ4n) is 2.49. The molecule has 0 saturated carbocycles. The third-order valence-corrected chi connectivity index (χ3v) is 4.87. The molecule has 1 atom stereocenters. The number of rotatable bonds is 6. The second kappa shape index (κ2) is 9.58. The van der Waals surface area contributed by atoms with Crippen molar-refractivity contribution >= 4 is 50.7 Å². The standard InChI is InChI=1S/C22H18BrClN2O3/c1-14(29-20-12-7-16(24)13-19(20)23)21(27)25-17-8-10-18(11-9-17)26-22(28)15-5-3-2-4-6-15/h2-14H,1H3,(H,25,27)(H,26,28). The third-order valence-electron chi connectivity index (χ3n) is 4.01. The van der Waals surface area contributed by atoms with Crippen LogP contribution in [0.4, 0.5) is 11.4 Å². The largest absolute Gasteiger partial charge is 0.480 e.